The number of fused-ring (bicyclic) bond motifs is 2. The molecule has 2 aliphatic carbocycles. The highest BCUT2D eigenvalue weighted by Gasteiger charge is 2.43. The van der Waals surface area contributed by atoms with Crippen LogP contribution in [-0.2, 0) is 0 Å². The molecule has 0 saturated heterocycles. The minimum absolute atomic E-state index is 0.462. The summed E-state index contributed by atoms with van der Waals surface area (Å²) in [5, 5.41) is 0. The molecule has 4 atom stereocenters. The Morgan fingerprint density at radius 2 is 1.88 bits per heavy atom. The summed E-state index contributed by atoms with van der Waals surface area (Å²) in [6.07, 6.45) is 8.64. The standard InChI is InChI=1S/C15H19N/c16-15-10-12-8-13(14(15)9-12)7-6-11-4-2-1-3-5-11/h1-7,12-15H,8-10,16H2/b7-6-/t12-,13-,14+,15+/m0/s1. The number of allylic oxidation sites excluding steroid dienone is 1. The van der Waals surface area contributed by atoms with E-state index in [9.17, 15) is 0 Å². The van der Waals surface area contributed by atoms with Crippen LogP contribution in [0.1, 0.15) is 24.8 Å². The van der Waals surface area contributed by atoms with E-state index in [1.807, 2.05) is 0 Å². The second-order valence-electron chi connectivity index (χ2n) is 5.33. The van der Waals surface area contributed by atoms with Gasteiger partial charge in [0.05, 0.1) is 0 Å². The molecule has 2 aliphatic rings. The van der Waals surface area contributed by atoms with Crippen LogP contribution in [-0.4, -0.2) is 6.04 Å². The van der Waals surface area contributed by atoms with E-state index in [4.69, 9.17) is 5.73 Å². The topological polar surface area (TPSA) is 26.0 Å². The lowest BCUT2D eigenvalue weighted by atomic mass is 9.85. The quantitative estimate of drug-likeness (QED) is 0.802. The largest absolute Gasteiger partial charge is 0.327 e. The summed E-state index contributed by atoms with van der Waals surface area (Å²) in [5.41, 5.74) is 7.45. The number of nitrogens with two attached hydrogens (primary N) is 1. The van der Waals surface area contributed by atoms with Crippen molar-refractivity contribution in [2.45, 2.75) is 25.3 Å². The first-order chi connectivity index (χ1) is 7.83. The van der Waals surface area contributed by atoms with Crippen LogP contribution >= 0.6 is 0 Å². The average Bonchev–Trinajstić information content (AvgIpc) is 2.86. The number of rotatable bonds is 2. The maximum Gasteiger partial charge on any atom is 0.00755 e. The Labute approximate surface area is 97.4 Å². The second kappa shape index (κ2) is 4.06. The van der Waals surface area contributed by atoms with E-state index in [0.29, 0.717) is 6.04 Å². The maximum absolute atomic E-state index is 6.15. The average molecular weight is 213 g/mol. The zero-order valence-electron chi connectivity index (χ0n) is 9.55. The molecule has 1 heteroatoms. The van der Waals surface area contributed by atoms with Crippen LogP contribution in [0.5, 0.6) is 0 Å². The number of hydrogen-bond donors (Lipinski definition) is 1. The lowest BCUT2D eigenvalue weighted by Crippen LogP contribution is -2.31. The monoisotopic (exact) mass is 213 g/mol. The predicted octanol–water partition coefficient (Wildman–Crippen LogP) is 3.07. The van der Waals surface area contributed by atoms with Crippen molar-refractivity contribution in [1.29, 1.82) is 0 Å². The third-order valence-corrected chi connectivity index (χ3v) is 4.25. The van der Waals surface area contributed by atoms with Crippen molar-refractivity contribution < 1.29 is 0 Å². The van der Waals surface area contributed by atoms with Crippen molar-refractivity contribution in [1.82, 2.24) is 0 Å². The lowest BCUT2D eigenvalue weighted by molar-refractivity contribution is 0.347. The van der Waals surface area contributed by atoms with E-state index in [1.54, 1.807) is 0 Å². The lowest BCUT2D eigenvalue weighted by Gasteiger charge is -2.24. The van der Waals surface area contributed by atoms with Gasteiger partial charge in [-0.15, -0.1) is 0 Å². The van der Waals surface area contributed by atoms with Crippen molar-refractivity contribution >= 4 is 6.08 Å². The van der Waals surface area contributed by atoms with Gasteiger partial charge in [0, 0.05) is 6.04 Å². The fourth-order valence-electron chi connectivity index (χ4n) is 3.48. The highest BCUT2D eigenvalue weighted by Crippen LogP contribution is 2.48. The van der Waals surface area contributed by atoms with Gasteiger partial charge in [0.15, 0.2) is 0 Å². The van der Waals surface area contributed by atoms with E-state index in [2.05, 4.69) is 42.5 Å². The molecule has 2 N–H and O–H groups in total. The molecule has 1 nitrogen and oxygen atoms in total. The molecule has 0 aromatic heterocycles. The molecule has 0 radical (unpaired) electrons. The van der Waals surface area contributed by atoms with Gasteiger partial charge in [0.1, 0.15) is 0 Å². The fraction of sp³-hybridized carbons (Fsp3) is 0.467. The first-order valence-electron chi connectivity index (χ1n) is 6.32. The fourth-order valence-corrected chi connectivity index (χ4v) is 3.48. The van der Waals surface area contributed by atoms with Crippen LogP contribution in [0.15, 0.2) is 36.4 Å². The number of hydrogen-bond acceptors (Lipinski definition) is 1. The van der Waals surface area contributed by atoms with E-state index in [0.717, 1.165) is 17.8 Å². The Bertz CT molecular complexity index is 382. The molecular formula is C15H19N. The molecule has 16 heavy (non-hydrogen) atoms. The Hall–Kier alpha value is -1.08. The minimum atomic E-state index is 0.462. The van der Waals surface area contributed by atoms with E-state index >= 15 is 0 Å². The van der Waals surface area contributed by atoms with Gasteiger partial charge in [0.2, 0.25) is 0 Å². The summed E-state index contributed by atoms with van der Waals surface area (Å²) in [5.74, 6) is 2.39. The summed E-state index contributed by atoms with van der Waals surface area (Å²) in [4.78, 5) is 0. The van der Waals surface area contributed by atoms with Crippen molar-refractivity contribution in [2.75, 3.05) is 0 Å². The summed E-state index contributed by atoms with van der Waals surface area (Å²) < 4.78 is 0. The van der Waals surface area contributed by atoms with Crippen LogP contribution in [0.3, 0.4) is 0 Å². The van der Waals surface area contributed by atoms with Crippen molar-refractivity contribution in [3.8, 4) is 0 Å². The van der Waals surface area contributed by atoms with E-state index in [-0.39, 0.29) is 0 Å². The van der Waals surface area contributed by atoms with Gasteiger partial charge in [-0.2, -0.15) is 0 Å². The molecule has 3 rings (SSSR count). The smallest absolute Gasteiger partial charge is 0.00755 e. The molecule has 2 fully saturated rings. The van der Waals surface area contributed by atoms with Gasteiger partial charge in [-0.05, 0) is 42.6 Å². The van der Waals surface area contributed by atoms with Gasteiger partial charge in [-0.25, -0.2) is 0 Å². The molecule has 2 bridgehead atoms. The van der Waals surface area contributed by atoms with Crippen LogP contribution in [0.2, 0.25) is 0 Å². The summed E-state index contributed by atoms with van der Waals surface area (Å²) in [7, 11) is 0. The summed E-state index contributed by atoms with van der Waals surface area (Å²) >= 11 is 0. The Morgan fingerprint density at radius 1 is 1.06 bits per heavy atom. The molecule has 0 spiro atoms. The maximum atomic E-state index is 6.15. The van der Waals surface area contributed by atoms with Crippen molar-refractivity contribution in [2.24, 2.45) is 23.5 Å². The zero-order valence-corrected chi connectivity index (χ0v) is 9.55. The highest BCUT2D eigenvalue weighted by molar-refractivity contribution is 5.49. The molecule has 0 aliphatic heterocycles. The van der Waals surface area contributed by atoms with Crippen molar-refractivity contribution in [3.05, 3.63) is 42.0 Å². The van der Waals surface area contributed by atoms with Gasteiger partial charge in [0.25, 0.3) is 0 Å². The van der Waals surface area contributed by atoms with E-state index < -0.39 is 0 Å². The second-order valence-corrected chi connectivity index (χ2v) is 5.33. The van der Waals surface area contributed by atoms with Gasteiger partial charge >= 0.3 is 0 Å². The molecule has 0 unspecified atom stereocenters. The van der Waals surface area contributed by atoms with Crippen LogP contribution in [0.25, 0.3) is 6.08 Å². The molecule has 0 heterocycles. The Balaban J connectivity index is 1.70. The first-order valence-corrected chi connectivity index (χ1v) is 6.32. The molecule has 84 valence electrons. The molecule has 0 amide bonds. The summed E-state index contributed by atoms with van der Waals surface area (Å²) in [6, 6.07) is 11.0. The molecule has 1 aromatic carbocycles. The van der Waals surface area contributed by atoms with E-state index in [1.165, 1.54) is 24.8 Å². The normalized spacial score (nSPS) is 37.3. The molecular weight excluding hydrogens is 194 g/mol. The Kier molecular flexibility index (Phi) is 2.56. The van der Waals surface area contributed by atoms with Gasteiger partial charge in [-0.3, -0.25) is 0 Å². The van der Waals surface area contributed by atoms with Crippen LogP contribution in [0.4, 0.5) is 0 Å². The highest BCUT2D eigenvalue weighted by atomic mass is 14.7. The minimum Gasteiger partial charge on any atom is -0.327 e. The van der Waals surface area contributed by atoms with Crippen molar-refractivity contribution in [3.63, 3.8) is 0 Å². The molecule has 2 saturated carbocycles. The SMILES string of the molecule is N[C@@H]1C[C@@H]2C[C@@H]1[C@@H](/C=C\c1ccccc1)C2. The summed E-state index contributed by atoms with van der Waals surface area (Å²) in [6.45, 7) is 0. The zero-order chi connectivity index (χ0) is 11.0. The van der Waals surface area contributed by atoms with Crippen LogP contribution in [0, 0.1) is 17.8 Å². The van der Waals surface area contributed by atoms with Crippen LogP contribution < -0.4 is 5.73 Å². The third kappa shape index (κ3) is 1.80. The predicted molar refractivity (Wildman–Crippen MR) is 67.8 cm³/mol. The number of benzene rings is 1. The Morgan fingerprint density at radius 3 is 2.56 bits per heavy atom. The molecule has 1 aromatic rings. The van der Waals surface area contributed by atoms with Gasteiger partial charge in [-0.1, -0.05) is 42.5 Å². The van der Waals surface area contributed by atoms with Gasteiger partial charge < -0.3 is 5.73 Å². The third-order valence-electron chi connectivity index (χ3n) is 4.25. The first kappa shape index (κ1) is 10.1.